The maximum absolute atomic E-state index is 11.0. The van der Waals surface area contributed by atoms with E-state index in [2.05, 4.69) is 0 Å². The number of rotatable bonds is 6. The van der Waals surface area contributed by atoms with Crippen LogP contribution in [0.1, 0.15) is 29.9 Å². The van der Waals surface area contributed by atoms with Crippen LogP contribution < -0.4 is 9.47 Å². The molecule has 0 bridgehead atoms. The molecular weight excluding hydrogens is 264 g/mol. The third-order valence-corrected chi connectivity index (χ3v) is 3.64. The molecule has 0 fully saturated rings. The fourth-order valence-corrected chi connectivity index (χ4v) is 2.66. The predicted octanol–water partition coefficient (Wildman–Crippen LogP) is 3.79. The molecule has 19 heavy (non-hydrogen) atoms. The fourth-order valence-electron chi connectivity index (χ4n) is 1.75. The zero-order chi connectivity index (χ0) is 13.8. The number of ether oxygens (including phenoxy) is 2. The van der Waals surface area contributed by atoms with Gasteiger partial charge in [-0.1, -0.05) is 6.92 Å². The summed E-state index contributed by atoms with van der Waals surface area (Å²) in [5.74, 6) is 0.434. The van der Waals surface area contributed by atoms with Crippen molar-refractivity contribution >= 4 is 27.4 Å². The van der Waals surface area contributed by atoms with Crippen molar-refractivity contribution in [1.29, 1.82) is 0 Å². The summed E-state index contributed by atoms with van der Waals surface area (Å²) in [6.45, 7) is 5.10. The van der Waals surface area contributed by atoms with E-state index in [-0.39, 0.29) is 0 Å². The van der Waals surface area contributed by atoms with Crippen LogP contribution in [0.5, 0.6) is 11.5 Å². The number of aromatic carboxylic acids is 1. The number of carboxylic acid groups (broad SMARTS) is 1. The molecule has 0 atom stereocenters. The molecule has 4 nitrogen and oxygen atoms in total. The zero-order valence-electron chi connectivity index (χ0n) is 10.9. The monoisotopic (exact) mass is 280 g/mol. The van der Waals surface area contributed by atoms with Gasteiger partial charge in [0.25, 0.3) is 0 Å². The summed E-state index contributed by atoms with van der Waals surface area (Å²) in [5, 5.41) is 9.89. The summed E-state index contributed by atoms with van der Waals surface area (Å²) in [5.41, 5.74) is 0. The van der Waals surface area contributed by atoms with Crippen LogP contribution in [0.4, 0.5) is 0 Å². The summed E-state index contributed by atoms with van der Waals surface area (Å²) >= 11 is 1.24. The van der Waals surface area contributed by atoms with E-state index >= 15 is 0 Å². The third-order valence-electron chi connectivity index (χ3n) is 2.55. The molecule has 102 valence electrons. The Morgan fingerprint density at radius 1 is 1.21 bits per heavy atom. The van der Waals surface area contributed by atoms with Crippen molar-refractivity contribution in [2.45, 2.75) is 20.3 Å². The SMILES string of the molecule is CCCOc1cc2cc(C(=O)O)sc2cc1OCC. The summed E-state index contributed by atoms with van der Waals surface area (Å²) < 4.78 is 12.1. The van der Waals surface area contributed by atoms with Gasteiger partial charge in [-0.2, -0.15) is 0 Å². The van der Waals surface area contributed by atoms with E-state index in [1.54, 1.807) is 6.07 Å². The lowest BCUT2D eigenvalue weighted by Gasteiger charge is -2.11. The van der Waals surface area contributed by atoms with E-state index in [1.165, 1.54) is 11.3 Å². The summed E-state index contributed by atoms with van der Waals surface area (Å²) in [7, 11) is 0. The fraction of sp³-hybridized carbons (Fsp3) is 0.357. The topological polar surface area (TPSA) is 55.8 Å². The van der Waals surface area contributed by atoms with Crippen LogP contribution in [-0.2, 0) is 0 Å². The van der Waals surface area contributed by atoms with Gasteiger partial charge in [-0.25, -0.2) is 4.79 Å². The quantitative estimate of drug-likeness (QED) is 0.874. The lowest BCUT2D eigenvalue weighted by molar-refractivity contribution is 0.0702. The predicted molar refractivity (Wildman–Crippen MR) is 75.7 cm³/mol. The second-order valence-corrected chi connectivity index (χ2v) is 5.12. The Bertz CT molecular complexity index is 588. The molecule has 0 radical (unpaired) electrons. The number of hydrogen-bond acceptors (Lipinski definition) is 4. The minimum atomic E-state index is -0.907. The molecule has 0 saturated carbocycles. The van der Waals surface area contributed by atoms with Gasteiger partial charge in [-0.15, -0.1) is 11.3 Å². The van der Waals surface area contributed by atoms with Crippen molar-refractivity contribution in [3.05, 3.63) is 23.1 Å². The third kappa shape index (κ3) is 2.98. The van der Waals surface area contributed by atoms with Crippen molar-refractivity contribution < 1.29 is 19.4 Å². The van der Waals surface area contributed by atoms with Gasteiger partial charge in [-0.05, 0) is 30.9 Å². The van der Waals surface area contributed by atoms with Crippen LogP contribution in [0.2, 0.25) is 0 Å². The first-order valence-corrected chi connectivity index (χ1v) is 7.03. The highest BCUT2D eigenvalue weighted by Crippen LogP contribution is 2.36. The first-order chi connectivity index (χ1) is 9.15. The Balaban J connectivity index is 2.45. The Morgan fingerprint density at radius 2 is 1.95 bits per heavy atom. The number of carboxylic acids is 1. The van der Waals surface area contributed by atoms with Crippen molar-refractivity contribution in [2.75, 3.05) is 13.2 Å². The largest absolute Gasteiger partial charge is 0.490 e. The Labute approximate surface area is 115 Å². The van der Waals surface area contributed by atoms with Gasteiger partial charge in [0.15, 0.2) is 11.5 Å². The minimum Gasteiger partial charge on any atom is -0.490 e. The number of benzene rings is 1. The first kappa shape index (κ1) is 13.7. The first-order valence-electron chi connectivity index (χ1n) is 6.22. The number of fused-ring (bicyclic) bond motifs is 1. The average Bonchev–Trinajstić information content (AvgIpc) is 2.79. The number of carbonyl (C=O) groups is 1. The second-order valence-electron chi connectivity index (χ2n) is 4.03. The molecule has 0 aliphatic carbocycles. The molecule has 5 heteroatoms. The smallest absolute Gasteiger partial charge is 0.345 e. The molecule has 0 saturated heterocycles. The molecule has 1 heterocycles. The van der Waals surface area contributed by atoms with Gasteiger partial charge in [-0.3, -0.25) is 0 Å². The maximum Gasteiger partial charge on any atom is 0.345 e. The van der Waals surface area contributed by atoms with Crippen LogP contribution in [-0.4, -0.2) is 24.3 Å². The molecule has 0 amide bonds. The van der Waals surface area contributed by atoms with Gasteiger partial charge >= 0.3 is 5.97 Å². The number of hydrogen-bond donors (Lipinski definition) is 1. The maximum atomic E-state index is 11.0. The molecule has 1 N–H and O–H groups in total. The van der Waals surface area contributed by atoms with Crippen molar-refractivity contribution in [2.24, 2.45) is 0 Å². The van der Waals surface area contributed by atoms with Crippen molar-refractivity contribution in [3.8, 4) is 11.5 Å². The summed E-state index contributed by atoms with van der Waals surface area (Å²) in [6, 6.07) is 5.36. The molecule has 1 aromatic carbocycles. The normalized spacial score (nSPS) is 10.6. The summed E-state index contributed by atoms with van der Waals surface area (Å²) in [6.07, 6.45) is 0.910. The molecule has 0 spiro atoms. The van der Waals surface area contributed by atoms with E-state index in [9.17, 15) is 4.79 Å². The number of thiophene rings is 1. The Hall–Kier alpha value is -1.75. The van der Waals surface area contributed by atoms with Gasteiger partial charge in [0, 0.05) is 10.8 Å². The standard InChI is InChI=1S/C14H16O4S/c1-3-5-18-10-6-9-7-13(14(15)16)19-12(9)8-11(10)17-4-2/h6-8H,3-5H2,1-2H3,(H,15,16). The highest BCUT2D eigenvalue weighted by atomic mass is 32.1. The Morgan fingerprint density at radius 3 is 2.58 bits per heavy atom. The molecule has 2 aromatic rings. The van der Waals surface area contributed by atoms with E-state index in [1.807, 2.05) is 26.0 Å². The van der Waals surface area contributed by atoms with Crippen molar-refractivity contribution in [3.63, 3.8) is 0 Å². The minimum absolute atomic E-state index is 0.324. The highest BCUT2D eigenvalue weighted by molar-refractivity contribution is 7.20. The van der Waals surface area contributed by atoms with Crippen LogP contribution in [0.25, 0.3) is 10.1 Å². The molecular formula is C14H16O4S. The molecule has 0 unspecified atom stereocenters. The molecule has 1 aromatic heterocycles. The van der Waals surface area contributed by atoms with Gasteiger partial charge in [0.05, 0.1) is 13.2 Å². The lowest BCUT2D eigenvalue weighted by Crippen LogP contribution is -1.99. The van der Waals surface area contributed by atoms with E-state index < -0.39 is 5.97 Å². The van der Waals surface area contributed by atoms with Crippen LogP contribution in [0, 0.1) is 0 Å². The molecule has 0 aliphatic rings. The molecule has 0 aliphatic heterocycles. The van der Waals surface area contributed by atoms with Crippen LogP contribution in [0.15, 0.2) is 18.2 Å². The zero-order valence-corrected chi connectivity index (χ0v) is 11.8. The van der Waals surface area contributed by atoms with Crippen molar-refractivity contribution in [1.82, 2.24) is 0 Å². The second kappa shape index (κ2) is 5.93. The van der Waals surface area contributed by atoms with E-state index in [4.69, 9.17) is 14.6 Å². The highest BCUT2D eigenvalue weighted by Gasteiger charge is 2.13. The van der Waals surface area contributed by atoms with Gasteiger partial charge in [0.2, 0.25) is 0 Å². The Kier molecular flexibility index (Phi) is 4.27. The van der Waals surface area contributed by atoms with Crippen LogP contribution in [0.3, 0.4) is 0 Å². The molecule has 2 rings (SSSR count). The van der Waals surface area contributed by atoms with Gasteiger partial charge < -0.3 is 14.6 Å². The van der Waals surface area contributed by atoms with E-state index in [0.29, 0.717) is 29.6 Å². The van der Waals surface area contributed by atoms with E-state index in [0.717, 1.165) is 16.5 Å². The lowest BCUT2D eigenvalue weighted by atomic mass is 10.2. The van der Waals surface area contributed by atoms with Gasteiger partial charge in [0.1, 0.15) is 4.88 Å². The summed E-state index contributed by atoms with van der Waals surface area (Å²) in [4.78, 5) is 11.3. The van der Waals surface area contributed by atoms with Crippen LogP contribution >= 0.6 is 11.3 Å². The average molecular weight is 280 g/mol.